The number of rotatable bonds is 4. The molecule has 1 aliphatic heterocycles. The van der Waals surface area contributed by atoms with Crippen LogP contribution in [0.1, 0.15) is 19.3 Å². The Balaban J connectivity index is 1.56. The van der Waals surface area contributed by atoms with Crippen molar-refractivity contribution in [2.24, 2.45) is 5.92 Å². The van der Waals surface area contributed by atoms with Crippen LogP contribution in [0, 0.1) is 5.92 Å². The second-order valence-corrected chi connectivity index (χ2v) is 6.05. The summed E-state index contributed by atoms with van der Waals surface area (Å²) in [5.41, 5.74) is 1.03. The minimum Gasteiger partial charge on any atom is -0.380 e. The average molecular weight is 263 g/mol. The number of aromatic nitrogens is 1. The maximum atomic E-state index is 11.6. The normalized spacial score (nSPS) is 22.8. The highest BCUT2D eigenvalue weighted by molar-refractivity contribution is 7.99. The van der Waals surface area contributed by atoms with Crippen molar-refractivity contribution in [2.75, 3.05) is 22.1 Å². The lowest BCUT2D eigenvalue weighted by molar-refractivity contribution is -0.117. The van der Waals surface area contributed by atoms with E-state index >= 15 is 0 Å². The van der Waals surface area contributed by atoms with Crippen molar-refractivity contribution >= 4 is 29.2 Å². The first-order chi connectivity index (χ1) is 8.81. The summed E-state index contributed by atoms with van der Waals surface area (Å²) in [6, 6.07) is 4.41. The highest BCUT2D eigenvalue weighted by Gasteiger charge is 2.29. The van der Waals surface area contributed by atoms with Crippen LogP contribution < -0.4 is 10.6 Å². The van der Waals surface area contributed by atoms with Gasteiger partial charge in [0.15, 0.2) is 0 Å². The summed E-state index contributed by atoms with van der Waals surface area (Å²) >= 11 is 1.98. The molecule has 96 valence electrons. The van der Waals surface area contributed by atoms with Crippen LogP contribution in [0.25, 0.3) is 0 Å². The molecular weight excluding hydrogens is 246 g/mol. The van der Waals surface area contributed by atoms with Gasteiger partial charge in [-0.25, -0.2) is 4.98 Å². The molecule has 2 aliphatic rings. The molecule has 1 aliphatic carbocycles. The van der Waals surface area contributed by atoms with Gasteiger partial charge in [0.05, 0.1) is 11.9 Å². The number of hydrogen-bond donors (Lipinski definition) is 2. The molecule has 1 aromatic heterocycles. The lowest BCUT2D eigenvalue weighted by Crippen LogP contribution is -2.18. The molecule has 0 bridgehead atoms. The van der Waals surface area contributed by atoms with Gasteiger partial charge in [-0.3, -0.25) is 4.79 Å². The zero-order valence-electron chi connectivity index (χ0n) is 10.2. The molecule has 0 spiro atoms. The SMILES string of the molecule is O=C(Nc1ccc(NC2CCSC2)cn1)C1CC1. The molecule has 1 amide bonds. The second kappa shape index (κ2) is 5.18. The van der Waals surface area contributed by atoms with Gasteiger partial charge in [-0.05, 0) is 37.1 Å². The molecule has 18 heavy (non-hydrogen) atoms. The van der Waals surface area contributed by atoms with E-state index in [9.17, 15) is 4.79 Å². The smallest absolute Gasteiger partial charge is 0.228 e. The Bertz CT molecular complexity index is 424. The summed E-state index contributed by atoms with van der Waals surface area (Å²) in [7, 11) is 0. The Hall–Kier alpha value is -1.23. The molecule has 5 heteroatoms. The van der Waals surface area contributed by atoms with E-state index in [0.717, 1.165) is 18.5 Å². The van der Waals surface area contributed by atoms with E-state index in [4.69, 9.17) is 0 Å². The standard InChI is InChI=1S/C13H17N3OS/c17-13(9-1-2-9)16-12-4-3-10(7-14-12)15-11-5-6-18-8-11/h3-4,7,9,11,15H,1-2,5-6,8H2,(H,14,16,17). The van der Waals surface area contributed by atoms with Crippen LogP contribution in [0.15, 0.2) is 18.3 Å². The zero-order chi connectivity index (χ0) is 12.4. The third-order valence-corrected chi connectivity index (χ3v) is 4.43. The number of carbonyl (C=O) groups excluding carboxylic acids is 1. The topological polar surface area (TPSA) is 54.0 Å². The molecule has 3 rings (SSSR count). The van der Waals surface area contributed by atoms with Crippen molar-refractivity contribution in [3.63, 3.8) is 0 Å². The monoisotopic (exact) mass is 263 g/mol. The van der Waals surface area contributed by atoms with E-state index in [-0.39, 0.29) is 11.8 Å². The molecule has 1 saturated carbocycles. The largest absolute Gasteiger partial charge is 0.380 e. The van der Waals surface area contributed by atoms with Gasteiger partial charge in [-0.15, -0.1) is 0 Å². The highest BCUT2D eigenvalue weighted by atomic mass is 32.2. The minimum absolute atomic E-state index is 0.107. The Morgan fingerprint density at radius 2 is 2.22 bits per heavy atom. The number of anilines is 2. The molecule has 1 unspecified atom stereocenters. The average Bonchev–Trinajstić information content (AvgIpc) is 3.11. The first kappa shape index (κ1) is 11.8. The number of pyridine rings is 1. The Morgan fingerprint density at radius 1 is 1.33 bits per heavy atom. The predicted octanol–water partition coefficient (Wildman–Crippen LogP) is 2.35. The Labute approximate surface area is 111 Å². The van der Waals surface area contributed by atoms with Crippen molar-refractivity contribution in [1.82, 2.24) is 4.98 Å². The van der Waals surface area contributed by atoms with Gasteiger partial charge in [0.1, 0.15) is 5.82 Å². The van der Waals surface area contributed by atoms with Crippen molar-refractivity contribution in [3.05, 3.63) is 18.3 Å². The van der Waals surface area contributed by atoms with E-state index in [2.05, 4.69) is 15.6 Å². The van der Waals surface area contributed by atoms with E-state index in [1.807, 2.05) is 23.9 Å². The molecule has 1 atom stereocenters. The molecule has 0 radical (unpaired) electrons. The Kier molecular flexibility index (Phi) is 3.41. The van der Waals surface area contributed by atoms with E-state index < -0.39 is 0 Å². The molecule has 0 aromatic carbocycles. The summed E-state index contributed by atoms with van der Waals surface area (Å²) in [4.78, 5) is 15.8. The molecular formula is C13H17N3OS. The quantitative estimate of drug-likeness (QED) is 0.875. The first-order valence-electron chi connectivity index (χ1n) is 6.42. The van der Waals surface area contributed by atoms with Crippen LogP contribution in [-0.4, -0.2) is 28.4 Å². The van der Waals surface area contributed by atoms with Crippen molar-refractivity contribution in [1.29, 1.82) is 0 Å². The Morgan fingerprint density at radius 3 is 2.83 bits per heavy atom. The zero-order valence-corrected chi connectivity index (χ0v) is 11.0. The molecule has 1 saturated heterocycles. The summed E-state index contributed by atoms with van der Waals surface area (Å²) in [5.74, 6) is 3.38. The molecule has 2 heterocycles. The third kappa shape index (κ3) is 2.96. The number of nitrogens with zero attached hydrogens (tertiary/aromatic N) is 1. The lowest BCUT2D eigenvalue weighted by atomic mass is 10.2. The van der Waals surface area contributed by atoms with Gasteiger partial charge in [0.2, 0.25) is 5.91 Å². The van der Waals surface area contributed by atoms with Gasteiger partial charge in [0.25, 0.3) is 0 Å². The lowest BCUT2D eigenvalue weighted by Gasteiger charge is -2.12. The summed E-state index contributed by atoms with van der Waals surface area (Å²) in [6.07, 6.45) is 5.05. The van der Waals surface area contributed by atoms with Crippen LogP contribution in [0.3, 0.4) is 0 Å². The number of carbonyl (C=O) groups is 1. The highest BCUT2D eigenvalue weighted by Crippen LogP contribution is 2.30. The number of thioether (sulfide) groups is 1. The maximum Gasteiger partial charge on any atom is 0.228 e. The predicted molar refractivity (Wildman–Crippen MR) is 74.9 cm³/mol. The van der Waals surface area contributed by atoms with Gasteiger partial charge in [-0.2, -0.15) is 11.8 Å². The summed E-state index contributed by atoms with van der Waals surface area (Å²) in [6.45, 7) is 0. The van der Waals surface area contributed by atoms with E-state index in [0.29, 0.717) is 11.9 Å². The molecule has 4 nitrogen and oxygen atoms in total. The van der Waals surface area contributed by atoms with Crippen LogP contribution >= 0.6 is 11.8 Å². The van der Waals surface area contributed by atoms with Gasteiger partial charge >= 0.3 is 0 Å². The first-order valence-corrected chi connectivity index (χ1v) is 7.58. The summed E-state index contributed by atoms with van der Waals surface area (Å²) < 4.78 is 0. The minimum atomic E-state index is 0.107. The molecule has 2 fully saturated rings. The maximum absolute atomic E-state index is 11.6. The van der Waals surface area contributed by atoms with Crippen LogP contribution in [0.2, 0.25) is 0 Å². The fourth-order valence-corrected chi connectivity index (χ4v) is 3.16. The number of nitrogens with one attached hydrogen (secondary N) is 2. The van der Waals surface area contributed by atoms with Crippen molar-refractivity contribution < 1.29 is 4.79 Å². The van der Waals surface area contributed by atoms with Crippen LogP contribution in [0.4, 0.5) is 11.5 Å². The van der Waals surface area contributed by atoms with Gasteiger partial charge in [0, 0.05) is 17.7 Å². The van der Waals surface area contributed by atoms with Crippen molar-refractivity contribution in [2.45, 2.75) is 25.3 Å². The fraction of sp³-hybridized carbons (Fsp3) is 0.538. The van der Waals surface area contributed by atoms with Crippen LogP contribution in [0.5, 0.6) is 0 Å². The fourth-order valence-electron chi connectivity index (χ4n) is 2.01. The molecule has 2 N–H and O–H groups in total. The van der Waals surface area contributed by atoms with E-state index in [1.165, 1.54) is 17.9 Å². The van der Waals surface area contributed by atoms with Crippen LogP contribution in [-0.2, 0) is 4.79 Å². The number of hydrogen-bond acceptors (Lipinski definition) is 4. The third-order valence-electron chi connectivity index (χ3n) is 3.26. The van der Waals surface area contributed by atoms with E-state index in [1.54, 1.807) is 6.20 Å². The summed E-state index contributed by atoms with van der Waals surface area (Å²) in [5, 5.41) is 6.30. The number of amides is 1. The second-order valence-electron chi connectivity index (χ2n) is 4.90. The van der Waals surface area contributed by atoms with Gasteiger partial charge in [-0.1, -0.05) is 0 Å². The van der Waals surface area contributed by atoms with Gasteiger partial charge < -0.3 is 10.6 Å². The van der Waals surface area contributed by atoms with Crippen molar-refractivity contribution in [3.8, 4) is 0 Å². The molecule has 1 aromatic rings.